The number of hydrogen-bond acceptors (Lipinski definition) is 5. The fourth-order valence-electron chi connectivity index (χ4n) is 2.18. The van der Waals surface area contributed by atoms with Crippen LogP contribution in [0.5, 0.6) is 0 Å². The average Bonchev–Trinajstić information content (AvgIpc) is 2.54. The zero-order valence-corrected chi connectivity index (χ0v) is 11.9. The molecule has 1 amide bonds. The van der Waals surface area contributed by atoms with E-state index in [4.69, 9.17) is 10.2 Å². The maximum Gasteiger partial charge on any atom is 0.254 e. The van der Waals surface area contributed by atoms with Crippen LogP contribution in [0.4, 0.5) is 5.69 Å². The number of fused-ring (bicyclic) bond motifs is 1. The number of rotatable bonds is 3. The average molecular weight is 307 g/mol. The van der Waals surface area contributed by atoms with Gasteiger partial charge < -0.3 is 20.1 Å². The fourth-order valence-corrected chi connectivity index (χ4v) is 2.18. The number of hydrogen-bond donors (Lipinski definition) is 1. The molecule has 0 aliphatic rings. The summed E-state index contributed by atoms with van der Waals surface area (Å²) in [6.07, 6.45) is 0. The van der Waals surface area contributed by atoms with Crippen molar-refractivity contribution < 1.29 is 19.1 Å². The Morgan fingerprint density at radius 3 is 2.43 bits per heavy atom. The number of para-hydroxylation sites is 2. The molecule has 1 aromatic heterocycles. The molecule has 0 aliphatic heterocycles. The number of benzene rings is 2. The van der Waals surface area contributed by atoms with Crippen LogP contribution in [0.2, 0.25) is 0 Å². The third kappa shape index (κ3) is 2.82. The molecule has 0 radical (unpaired) electrons. The number of carboxylic acid groups (broad SMARTS) is 1. The Bertz CT molecular complexity index is 989. The van der Waals surface area contributed by atoms with Crippen molar-refractivity contribution in [2.45, 2.75) is 0 Å². The molecule has 0 saturated carbocycles. The summed E-state index contributed by atoms with van der Waals surface area (Å²) in [5.74, 6) is -2.09. The molecule has 23 heavy (non-hydrogen) atoms. The summed E-state index contributed by atoms with van der Waals surface area (Å²) in [5, 5.41) is 11.8. The molecule has 0 saturated heterocycles. The molecular weight excluding hydrogens is 296 g/mol. The van der Waals surface area contributed by atoms with Crippen molar-refractivity contribution >= 4 is 28.5 Å². The first-order chi connectivity index (χ1) is 11.1. The highest BCUT2D eigenvalue weighted by molar-refractivity contribution is 5.95. The van der Waals surface area contributed by atoms with Gasteiger partial charge in [0.05, 0.1) is 11.7 Å². The minimum absolute atomic E-state index is 0.0510. The van der Waals surface area contributed by atoms with Crippen LogP contribution in [-0.2, 0) is 0 Å². The van der Waals surface area contributed by atoms with Crippen molar-refractivity contribution in [1.29, 1.82) is 0 Å². The molecule has 0 spiro atoms. The first-order valence-electron chi connectivity index (χ1n) is 6.74. The summed E-state index contributed by atoms with van der Waals surface area (Å²) in [7, 11) is 0. The van der Waals surface area contributed by atoms with Gasteiger partial charge in [0, 0.05) is 10.9 Å². The topological polar surface area (TPSA) is 109 Å². The predicted octanol–water partition coefficient (Wildman–Crippen LogP) is 1.13. The lowest BCUT2D eigenvalue weighted by molar-refractivity contribution is -0.254. The molecule has 0 atom stereocenters. The first kappa shape index (κ1) is 14.5. The summed E-state index contributed by atoms with van der Waals surface area (Å²) in [4.78, 5) is 26.9. The number of amides is 1. The number of carbonyl (C=O) groups is 2. The lowest BCUT2D eigenvalue weighted by atomic mass is 10.1. The SMILES string of the molecule is NC(=O)c1cc2ccccc2oc1=Nc1ccccc1C(=O)[O-]. The Morgan fingerprint density at radius 1 is 1.00 bits per heavy atom. The molecule has 3 rings (SSSR count). The molecule has 0 unspecified atom stereocenters. The van der Waals surface area contributed by atoms with Gasteiger partial charge in [-0.3, -0.25) is 4.79 Å². The second-order valence-electron chi connectivity index (χ2n) is 4.78. The lowest BCUT2D eigenvalue weighted by Crippen LogP contribution is -2.23. The minimum atomic E-state index is -1.37. The van der Waals surface area contributed by atoms with E-state index >= 15 is 0 Å². The molecular formula is C17H11N2O4-. The summed E-state index contributed by atoms with van der Waals surface area (Å²) in [5.41, 5.74) is 5.90. The smallest absolute Gasteiger partial charge is 0.254 e. The Morgan fingerprint density at radius 2 is 1.70 bits per heavy atom. The van der Waals surface area contributed by atoms with E-state index in [1.165, 1.54) is 12.1 Å². The molecule has 0 fully saturated rings. The largest absolute Gasteiger partial charge is 0.545 e. The third-order valence-corrected chi connectivity index (χ3v) is 3.27. The van der Waals surface area contributed by atoms with Gasteiger partial charge in [0.2, 0.25) is 5.55 Å². The molecule has 114 valence electrons. The number of aromatic carboxylic acids is 1. The highest BCUT2D eigenvalue weighted by Gasteiger charge is 2.10. The van der Waals surface area contributed by atoms with Gasteiger partial charge in [-0.1, -0.05) is 36.4 Å². The fraction of sp³-hybridized carbons (Fsp3) is 0. The maximum absolute atomic E-state index is 11.6. The molecule has 2 N–H and O–H groups in total. The van der Waals surface area contributed by atoms with Crippen molar-refractivity contribution in [3.63, 3.8) is 0 Å². The van der Waals surface area contributed by atoms with Crippen LogP contribution in [0.1, 0.15) is 20.7 Å². The van der Waals surface area contributed by atoms with Crippen LogP contribution in [0, 0.1) is 0 Å². The van der Waals surface area contributed by atoms with E-state index in [-0.39, 0.29) is 22.4 Å². The lowest BCUT2D eigenvalue weighted by Gasteiger charge is -2.06. The standard InChI is InChI=1S/C17H12N2O4/c18-15(20)12-9-10-5-1-4-8-14(10)23-16(12)19-13-7-3-2-6-11(13)17(21)22/h1-9H,(H2,18,20)(H,21,22)/p-1. The van der Waals surface area contributed by atoms with Crippen molar-refractivity contribution in [2.24, 2.45) is 10.7 Å². The minimum Gasteiger partial charge on any atom is -0.545 e. The number of nitrogens with zero attached hydrogens (tertiary/aromatic N) is 1. The number of carbonyl (C=O) groups excluding carboxylic acids is 2. The normalized spacial score (nSPS) is 11.6. The molecule has 3 aromatic rings. The second kappa shape index (κ2) is 5.76. The Labute approximate surface area is 130 Å². The highest BCUT2D eigenvalue weighted by atomic mass is 16.4. The summed E-state index contributed by atoms with van der Waals surface area (Å²) in [6, 6.07) is 14.6. The van der Waals surface area contributed by atoms with Gasteiger partial charge >= 0.3 is 0 Å². The summed E-state index contributed by atoms with van der Waals surface area (Å²) < 4.78 is 5.61. The second-order valence-corrected chi connectivity index (χ2v) is 4.78. The monoisotopic (exact) mass is 307 g/mol. The number of nitrogens with two attached hydrogens (primary N) is 1. The van der Waals surface area contributed by atoms with E-state index in [2.05, 4.69) is 4.99 Å². The van der Waals surface area contributed by atoms with Gasteiger partial charge in [0.15, 0.2) is 0 Å². The van der Waals surface area contributed by atoms with Crippen LogP contribution >= 0.6 is 0 Å². The predicted molar refractivity (Wildman–Crippen MR) is 80.7 cm³/mol. The van der Waals surface area contributed by atoms with Crippen LogP contribution in [0.25, 0.3) is 11.0 Å². The van der Waals surface area contributed by atoms with Crippen molar-refractivity contribution in [3.05, 3.63) is 71.3 Å². The van der Waals surface area contributed by atoms with Gasteiger partial charge in [-0.15, -0.1) is 0 Å². The van der Waals surface area contributed by atoms with E-state index in [9.17, 15) is 14.7 Å². The van der Waals surface area contributed by atoms with E-state index in [0.717, 1.165) is 0 Å². The maximum atomic E-state index is 11.6. The van der Waals surface area contributed by atoms with E-state index in [1.807, 2.05) is 0 Å². The summed E-state index contributed by atoms with van der Waals surface area (Å²) >= 11 is 0. The molecule has 6 nitrogen and oxygen atoms in total. The number of carboxylic acids is 1. The van der Waals surface area contributed by atoms with Crippen LogP contribution < -0.4 is 16.4 Å². The van der Waals surface area contributed by atoms with E-state index in [1.54, 1.807) is 42.5 Å². The van der Waals surface area contributed by atoms with Crippen molar-refractivity contribution in [2.75, 3.05) is 0 Å². The van der Waals surface area contributed by atoms with Gasteiger partial charge in [-0.2, -0.15) is 0 Å². The van der Waals surface area contributed by atoms with Crippen LogP contribution in [-0.4, -0.2) is 11.9 Å². The van der Waals surface area contributed by atoms with Gasteiger partial charge in [0.1, 0.15) is 11.1 Å². The quantitative estimate of drug-likeness (QED) is 0.782. The van der Waals surface area contributed by atoms with Crippen molar-refractivity contribution in [1.82, 2.24) is 0 Å². The van der Waals surface area contributed by atoms with E-state index in [0.29, 0.717) is 11.0 Å². The zero-order chi connectivity index (χ0) is 16.4. The van der Waals surface area contributed by atoms with Gasteiger partial charge in [-0.05, 0) is 18.2 Å². The Hall–Kier alpha value is -3.41. The Kier molecular flexibility index (Phi) is 3.64. The number of primary amides is 1. The van der Waals surface area contributed by atoms with Gasteiger partial charge in [-0.25, -0.2) is 4.99 Å². The molecule has 0 bridgehead atoms. The zero-order valence-electron chi connectivity index (χ0n) is 11.9. The molecule has 0 aliphatic carbocycles. The molecule has 6 heteroatoms. The van der Waals surface area contributed by atoms with Crippen LogP contribution in [0.15, 0.2) is 64.0 Å². The Balaban J connectivity index is 2.32. The third-order valence-electron chi connectivity index (χ3n) is 3.27. The molecule has 2 aromatic carbocycles. The van der Waals surface area contributed by atoms with Crippen molar-refractivity contribution in [3.8, 4) is 0 Å². The van der Waals surface area contributed by atoms with E-state index < -0.39 is 11.9 Å². The molecule has 1 heterocycles. The highest BCUT2D eigenvalue weighted by Crippen LogP contribution is 2.18. The van der Waals surface area contributed by atoms with Gasteiger partial charge in [0.25, 0.3) is 5.91 Å². The van der Waals surface area contributed by atoms with Crippen LogP contribution in [0.3, 0.4) is 0 Å². The first-order valence-corrected chi connectivity index (χ1v) is 6.74. The summed E-state index contributed by atoms with van der Waals surface area (Å²) in [6.45, 7) is 0.